The highest BCUT2D eigenvalue weighted by molar-refractivity contribution is 5.89. The number of rotatable bonds is 3. The van der Waals surface area contributed by atoms with Crippen molar-refractivity contribution in [3.63, 3.8) is 0 Å². The predicted molar refractivity (Wildman–Crippen MR) is 74.1 cm³/mol. The second kappa shape index (κ2) is 5.05. The van der Waals surface area contributed by atoms with Crippen LogP contribution in [-0.2, 0) is 4.79 Å². The molecule has 1 aromatic heterocycles. The molecular formula is C15H18N2O2. The molecule has 0 radical (unpaired) electrons. The van der Waals surface area contributed by atoms with Crippen LogP contribution in [0.1, 0.15) is 30.9 Å². The molecule has 2 N–H and O–H groups in total. The normalized spacial score (nSPS) is 18.5. The highest BCUT2D eigenvalue weighted by atomic mass is 16.4. The van der Waals surface area contributed by atoms with Crippen LogP contribution in [0.5, 0.6) is 0 Å². The molecule has 3 rings (SSSR count). The molecule has 1 unspecified atom stereocenters. The molecule has 0 saturated carbocycles. The van der Waals surface area contributed by atoms with Gasteiger partial charge in [-0.1, -0.05) is 24.6 Å². The van der Waals surface area contributed by atoms with Crippen molar-refractivity contribution >= 4 is 16.9 Å². The largest absolute Gasteiger partial charge is 0.480 e. The number of carbonyl (C=O) groups is 1. The molecule has 1 fully saturated rings. The Bertz CT molecular complexity index is 585. The fourth-order valence-corrected chi connectivity index (χ4v) is 2.98. The van der Waals surface area contributed by atoms with E-state index in [1.807, 2.05) is 30.5 Å². The lowest BCUT2D eigenvalue weighted by molar-refractivity contribution is -0.144. The van der Waals surface area contributed by atoms with Gasteiger partial charge in [0.25, 0.3) is 0 Å². The summed E-state index contributed by atoms with van der Waals surface area (Å²) in [5, 5.41) is 10.6. The number of aromatic nitrogens is 1. The molecule has 1 aliphatic rings. The van der Waals surface area contributed by atoms with Crippen molar-refractivity contribution < 1.29 is 9.90 Å². The van der Waals surface area contributed by atoms with Crippen LogP contribution in [0.4, 0.5) is 0 Å². The van der Waals surface area contributed by atoms with E-state index in [2.05, 4.69) is 9.88 Å². The van der Waals surface area contributed by atoms with Gasteiger partial charge in [0, 0.05) is 22.7 Å². The van der Waals surface area contributed by atoms with Gasteiger partial charge in [0.15, 0.2) is 0 Å². The molecule has 0 bridgehead atoms. The van der Waals surface area contributed by atoms with Crippen LogP contribution in [0.15, 0.2) is 30.5 Å². The average Bonchev–Trinajstić information content (AvgIpc) is 2.84. The molecule has 4 heteroatoms. The maximum Gasteiger partial charge on any atom is 0.325 e. The second-order valence-electron chi connectivity index (χ2n) is 5.13. The monoisotopic (exact) mass is 258 g/mol. The van der Waals surface area contributed by atoms with E-state index in [4.69, 9.17) is 0 Å². The van der Waals surface area contributed by atoms with Crippen LogP contribution in [0.25, 0.3) is 10.9 Å². The van der Waals surface area contributed by atoms with Gasteiger partial charge in [-0.25, -0.2) is 0 Å². The lowest BCUT2D eigenvalue weighted by Crippen LogP contribution is -2.37. The van der Waals surface area contributed by atoms with E-state index in [9.17, 15) is 9.90 Å². The molecule has 0 spiro atoms. The SMILES string of the molecule is O=C(O)C(c1c[nH]c2ccccc12)N1CCCCC1. The number of carboxylic acid groups (broad SMARTS) is 1. The third-order valence-electron chi connectivity index (χ3n) is 3.91. The molecule has 100 valence electrons. The summed E-state index contributed by atoms with van der Waals surface area (Å²) in [4.78, 5) is 16.9. The number of H-pyrrole nitrogens is 1. The number of aliphatic carboxylic acids is 1. The van der Waals surface area contributed by atoms with Gasteiger partial charge in [-0.15, -0.1) is 0 Å². The van der Waals surface area contributed by atoms with E-state index in [-0.39, 0.29) is 0 Å². The Morgan fingerprint density at radius 1 is 1.21 bits per heavy atom. The van der Waals surface area contributed by atoms with Gasteiger partial charge in [-0.05, 0) is 32.0 Å². The lowest BCUT2D eigenvalue weighted by Gasteiger charge is -2.31. The summed E-state index contributed by atoms with van der Waals surface area (Å²) in [6, 6.07) is 7.35. The van der Waals surface area contributed by atoms with Gasteiger partial charge in [0.2, 0.25) is 0 Å². The molecule has 1 saturated heterocycles. The smallest absolute Gasteiger partial charge is 0.325 e. The minimum absolute atomic E-state index is 0.531. The van der Waals surface area contributed by atoms with Gasteiger partial charge in [0.1, 0.15) is 6.04 Å². The van der Waals surface area contributed by atoms with E-state index in [1.54, 1.807) is 0 Å². The minimum Gasteiger partial charge on any atom is -0.480 e. The fourth-order valence-electron chi connectivity index (χ4n) is 2.98. The fraction of sp³-hybridized carbons (Fsp3) is 0.400. The van der Waals surface area contributed by atoms with Gasteiger partial charge < -0.3 is 10.1 Å². The zero-order valence-corrected chi connectivity index (χ0v) is 10.8. The summed E-state index contributed by atoms with van der Waals surface area (Å²) >= 11 is 0. The molecule has 1 aromatic carbocycles. The van der Waals surface area contributed by atoms with Crippen LogP contribution in [-0.4, -0.2) is 34.0 Å². The zero-order valence-electron chi connectivity index (χ0n) is 10.8. The molecule has 19 heavy (non-hydrogen) atoms. The Labute approximate surface area is 112 Å². The van der Waals surface area contributed by atoms with Crippen molar-refractivity contribution in [2.75, 3.05) is 13.1 Å². The Hall–Kier alpha value is -1.81. The van der Waals surface area contributed by atoms with E-state index < -0.39 is 12.0 Å². The minimum atomic E-state index is -0.758. The predicted octanol–water partition coefficient (Wildman–Crippen LogP) is 2.78. The summed E-state index contributed by atoms with van der Waals surface area (Å²) in [6.07, 6.45) is 5.23. The van der Waals surface area contributed by atoms with Crippen LogP contribution in [0.3, 0.4) is 0 Å². The highest BCUT2D eigenvalue weighted by Crippen LogP contribution is 2.30. The maximum atomic E-state index is 11.7. The first kappa shape index (κ1) is 12.2. The lowest BCUT2D eigenvalue weighted by atomic mass is 10.0. The summed E-state index contributed by atoms with van der Waals surface area (Å²) in [5.74, 6) is -0.758. The van der Waals surface area contributed by atoms with E-state index in [0.29, 0.717) is 0 Å². The summed E-state index contributed by atoms with van der Waals surface area (Å²) < 4.78 is 0. The molecule has 2 aromatic rings. The van der Waals surface area contributed by atoms with E-state index in [0.717, 1.165) is 42.4 Å². The third kappa shape index (κ3) is 2.24. The van der Waals surface area contributed by atoms with Gasteiger partial charge in [-0.3, -0.25) is 9.69 Å². The number of fused-ring (bicyclic) bond motifs is 1. The summed E-state index contributed by atoms with van der Waals surface area (Å²) in [5.41, 5.74) is 1.88. The van der Waals surface area contributed by atoms with Crippen LogP contribution in [0, 0.1) is 0 Å². The Morgan fingerprint density at radius 3 is 2.68 bits per heavy atom. The number of benzene rings is 1. The van der Waals surface area contributed by atoms with Gasteiger partial charge >= 0.3 is 5.97 Å². The number of likely N-dealkylation sites (tertiary alicyclic amines) is 1. The van der Waals surface area contributed by atoms with Crippen molar-refractivity contribution in [2.45, 2.75) is 25.3 Å². The topological polar surface area (TPSA) is 56.3 Å². The van der Waals surface area contributed by atoms with Crippen molar-refractivity contribution in [2.24, 2.45) is 0 Å². The summed E-state index contributed by atoms with van der Waals surface area (Å²) in [6.45, 7) is 1.74. The Balaban J connectivity index is 2.01. The van der Waals surface area contributed by atoms with Crippen LogP contribution in [0.2, 0.25) is 0 Å². The maximum absolute atomic E-state index is 11.7. The quantitative estimate of drug-likeness (QED) is 0.890. The number of piperidine rings is 1. The average molecular weight is 258 g/mol. The number of hydrogen-bond acceptors (Lipinski definition) is 2. The Morgan fingerprint density at radius 2 is 1.95 bits per heavy atom. The number of nitrogens with zero attached hydrogens (tertiary/aromatic N) is 1. The van der Waals surface area contributed by atoms with Crippen molar-refractivity contribution in [3.05, 3.63) is 36.0 Å². The first-order valence-corrected chi connectivity index (χ1v) is 6.80. The van der Waals surface area contributed by atoms with Crippen LogP contribution >= 0.6 is 0 Å². The van der Waals surface area contributed by atoms with Gasteiger partial charge in [0.05, 0.1) is 0 Å². The first-order valence-electron chi connectivity index (χ1n) is 6.80. The second-order valence-corrected chi connectivity index (χ2v) is 5.13. The standard InChI is InChI=1S/C15H18N2O2/c18-15(19)14(17-8-4-1-5-9-17)12-10-16-13-7-3-2-6-11(12)13/h2-3,6-7,10,14,16H,1,4-5,8-9H2,(H,18,19). The number of nitrogens with one attached hydrogen (secondary N) is 1. The van der Waals surface area contributed by atoms with Crippen molar-refractivity contribution in [3.8, 4) is 0 Å². The molecule has 4 nitrogen and oxygen atoms in total. The third-order valence-corrected chi connectivity index (χ3v) is 3.91. The number of aromatic amines is 1. The first-order chi connectivity index (χ1) is 9.27. The molecule has 0 aliphatic carbocycles. The molecule has 0 amide bonds. The summed E-state index contributed by atoms with van der Waals surface area (Å²) in [7, 11) is 0. The van der Waals surface area contributed by atoms with Crippen molar-refractivity contribution in [1.29, 1.82) is 0 Å². The molecule has 1 atom stereocenters. The number of hydrogen-bond donors (Lipinski definition) is 2. The number of carboxylic acids is 1. The molecule has 2 heterocycles. The molecule has 1 aliphatic heterocycles. The van der Waals surface area contributed by atoms with Crippen LogP contribution < -0.4 is 0 Å². The molecular weight excluding hydrogens is 240 g/mol. The van der Waals surface area contributed by atoms with E-state index in [1.165, 1.54) is 6.42 Å². The zero-order chi connectivity index (χ0) is 13.2. The Kier molecular flexibility index (Phi) is 3.25. The highest BCUT2D eigenvalue weighted by Gasteiger charge is 2.30. The van der Waals surface area contributed by atoms with Gasteiger partial charge in [-0.2, -0.15) is 0 Å². The number of para-hydroxylation sites is 1. The van der Waals surface area contributed by atoms with E-state index >= 15 is 0 Å². The van der Waals surface area contributed by atoms with Crippen molar-refractivity contribution in [1.82, 2.24) is 9.88 Å².